The molecule has 2 aromatic heterocycles. The lowest BCUT2D eigenvalue weighted by atomic mass is 9.86. The van der Waals surface area contributed by atoms with E-state index in [4.69, 9.17) is 23.2 Å². The van der Waals surface area contributed by atoms with Crippen LogP contribution in [0.4, 0.5) is 5.82 Å². The van der Waals surface area contributed by atoms with Crippen LogP contribution in [0.5, 0.6) is 0 Å². The number of H-pyrrole nitrogens is 1. The van der Waals surface area contributed by atoms with Gasteiger partial charge in [0.25, 0.3) is 5.91 Å². The molecule has 1 aliphatic rings. The number of nitrogens with zero attached hydrogens (tertiary/aromatic N) is 2. The number of amides is 1. The summed E-state index contributed by atoms with van der Waals surface area (Å²) in [6, 6.07) is 9.78. The molecule has 0 radical (unpaired) electrons. The van der Waals surface area contributed by atoms with E-state index in [1.54, 1.807) is 6.07 Å². The van der Waals surface area contributed by atoms with Crippen LogP contribution in [0.15, 0.2) is 36.5 Å². The number of hydrogen-bond donors (Lipinski definition) is 3. The van der Waals surface area contributed by atoms with Crippen molar-refractivity contribution < 1.29 is 4.79 Å². The fraction of sp³-hybridized carbons (Fsp3) is 0.350. The third-order valence-corrected chi connectivity index (χ3v) is 5.77. The molecule has 0 unspecified atom stereocenters. The Morgan fingerprint density at radius 3 is 2.79 bits per heavy atom. The van der Waals surface area contributed by atoms with Crippen molar-refractivity contribution in [1.29, 1.82) is 0 Å². The largest absolute Gasteiger partial charge is 0.368 e. The van der Waals surface area contributed by atoms with Crippen LogP contribution in [0, 0.1) is 5.92 Å². The van der Waals surface area contributed by atoms with Crippen molar-refractivity contribution in [3.8, 4) is 0 Å². The minimum Gasteiger partial charge on any atom is -0.368 e. The number of aromatic nitrogens is 3. The zero-order chi connectivity index (χ0) is 19.5. The van der Waals surface area contributed by atoms with E-state index in [-0.39, 0.29) is 17.1 Å². The first-order chi connectivity index (χ1) is 13.6. The minimum atomic E-state index is -0.218. The number of aromatic amines is 1. The molecule has 2 heterocycles. The fourth-order valence-corrected chi connectivity index (χ4v) is 4.04. The molecule has 3 aromatic rings. The van der Waals surface area contributed by atoms with Gasteiger partial charge in [0.15, 0.2) is 5.82 Å². The summed E-state index contributed by atoms with van der Waals surface area (Å²) < 4.78 is 0. The van der Waals surface area contributed by atoms with E-state index in [2.05, 4.69) is 31.9 Å². The Bertz CT molecular complexity index is 982. The number of anilines is 1. The Morgan fingerprint density at radius 2 is 1.96 bits per heavy atom. The van der Waals surface area contributed by atoms with Crippen LogP contribution < -0.4 is 10.6 Å². The molecule has 0 spiro atoms. The molecule has 1 saturated carbocycles. The molecule has 28 heavy (non-hydrogen) atoms. The van der Waals surface area contributed by atoms with E-state index < -0.39 is 0 Å². The van der Waals surface area contributed by atoms with Crippen LogP contribution in [0.25, 0.3) is 10.9 Å². The predicted molar refractivity (Wildman–Crippen MR) is 112 cm³/mol. The van der Waals surface area contributed by atoms with Crippen molar-refractivity contribution in [1.82, 2.24) is 20.5 Å². The van der Waals surface area contributed by atoms with Crippen molar-refractivity contribution >= 4 is 45.8 Å². The average molecular weight is 418 g/mol. The Labute approximate surface area is 173 Å². The summed E-state index contributed by atoms with van der Waals surface area (Å²) in [5.41, 5.74) is 1.36. The second kappa shape index (κ2) is 8.37. The van der Waals surface area contributed by atoms with E-state index in [0.717, 1.165) is 48.9 Å². The fourth-order valence-electron chi connectivity index (χ4n) is 3.70. The molecule has 1 aromatic carbocycles. The van der Waals surface area contributed by atoms with Gasteiger partial charge < -0.3 is 10.6 Å². The van der Waals surface area contributed by atoms with E-state index in [0.29, 0.717) is 16.5 Å². The van der Waals surface area contributed by atoms with Gasteiger partial charge >= 0.3 is 0 Å². The molecule has 1 aliphatic carbocycles. The number of para-hydroxylation sites is 1. The lowest BCUT2D eigenvalue weighted by molar-refractivity contribution is 0.0922. The molecule has 1 fully saturated rings. The summed E-state index contributed by atoms with van der Waals surface area (Å²) in [4.78, 5) is 16.4. The van der Waals surface area contributed by atoms with Crippen LogP contribution in [0.2, 0.25) is 10.2 Å². The van der Waals surface area contributed by atoms with Gasteiger partial charge in [0, 0.05) is 24.2 Å². The molecule has 4 rings (SSSR count). The van der Waals surface area contributed by atoms with Gasteiger partial charge in [-0.05, 0) is 49.8 Å². The molecule has 3 N–H and O–H groups in total. The van der Waals surface area contributed by atoms with E-state index in [1.807, 2.05) is 18.2 Å². The summed E-state index contributed by atoms with van der Waals surface area (Å²) in [5.74, 6) is 1.23. The first-order valence-electron chi connectivity index (χ1n) is 9.39. The van der Waals surface area contributed by atoms with Crippen LogP contribution in [-0.2, 0) is 0 Å². The van der Waals surface area contributed by atoms with Crippen LogP contribution in [0.3, 0.4) is 0 Å². The standard InChI is InChI=1S/C20H21Cl2N5O/c21-13-9-16(18(22)23-11-13)20(28)25-14-7-5-12(6-8-14)10-24-19-15-3-1-2-4-17(15)26-27-19/h1-4,9,11-12,14H,5-8,10H2,(H,25,28)(H2,24,26,27). The minimum absolute atomic E-state index is 0.144. The highest BCUT2D eigenvalue weighted by Crippen LogP contribution is 2.27. The first kappa shape index (κ1) is 19.0. The maximum absolute atomic E-state index is 12.5. The lowest BCUT2D eigenvalue weighted by Crippen LogP contribution is -2.38. The molecule has 8 heteroatoms. The van der Waals surface area contributed by atoms with Crippen molar-refractivity contribution in [3.05, 3.63) is 52.3 Å². The molecular formula is C20H21Cl2N5O. The number of pyridine rings is 1. The maximum atomic E-state index is 12.5. The Hall–Kier alpha value is -2.31. The van der Waals surface area contributed by atoms with Gasteiger partial charge in [0.05, 0.1) is 16.1 Å². The normalized spacial score (nSPS) is 19.5. The summed E-state index contributed by atoms with van der Waals surface area (Å²) in [5, 5.41) is 15.6. The van der Waals surface area contributed by atoms with Crippen LogP contribution in [0.1, 0.15) is 36.0 Å². The Morgan fingerprint density at radius 1 is 1.18 bits per heavy atom. The Balaban J connectivity index is 1.27. The molecule has 0 bridgehead atoms. The lowest BCUT2D eigenvalue weighted by Gasteiger charge is -2.29. The number of fused-ring (bicyclic) bond motifs is 1. The highest BCUT2D eigenvalue weighted by molar-refractivity contribution is 6.34. The van der Waals surface area contributed by atoms with Gasteiger partial charge in [-0.15, -0.1) is 0 Å². The molecule has 1 amide bonds. The van der Waals surface area contributed by atoms with Gasteiger partial charge in [-0.1, -0.05) is 35.3 Å². The predicted octanol–water partition coefficient (Wildman–Crippen LogP) is 4.67. The first-order valence-corrected chi connectivity index (χ1v) is 10.1. The number of benzene rings is 1. The van der Waals surface area contributed by atoms with Crippen molar-refractivity contribution in [2.45, 2.75) is 31.7 Å². The van der Waals surface area contributed by atoms with Gasteiger partial charge in [-0.3, -0.25) is 9.89 Å². The number of carbonyl (C=O) groups is 1. The zero-order valence-corrected chi connectivity index (χ0v) is 16.7. The quantitative estimate of drug-likeness (QED) is 0.526. The monoisotopic (exact) mass is 417 g/mol. The molecular weight excluding hydrogens is 397 g/mol. The second-order valence-corrected chi connectivity index (χ2v) is 7.98. The molecule has 0 aliphatic heterocycles. The molecule has 0 saturated heterocycles. The van der Waals surface area contributed by atoms with Crippen molar-refractivity contribution in [3.63, 3.8) is 0 Å². The maximum Gasteiger partial charge on any atom is 0.254 e. The second-order valence-electron chi connectivity index (χ2n) is 7.18. The number of hydrogen-bond acceptors (Lipinski definition) is 4. The summed E-state index contributed by atoms with van der Waals surface area (Å²) >= 11 is 11.9. The average Bonchev–Trinajstić information content (AvgIpc) is 3.12. The topological polar surface area (TPSA) is 82.7 Å². The third kappa shape index (κ3) is 4.23. The zero-order valence-electron chi connectivity index (χ0n) is 15.2. The van der Waals surface area contributed by atoms with E-state index in [1.165, 1.54) is 6.20 Å². The van der Waals surface area contributed by atoms with Crippen molar-refractivity contribution in [2.75, 3.05) is 11.9 Å². The highest BCUT2D eigenvalue weighted by atomic mass is 35.5. The summed E-state index contributed by atoms with van der Waals surface area (Å²) in [6.07, 6.45) is 5.39. The smallest absolute Gasteiger partial charge is 0.254 e. The van der Waals surface area contributed by atoms with E-state index >= 15 is 0 Å². The molecule has 6 nitrogen and oxygen atoms in total. The van der Waals surface area contributed by atoms with Gasteiger partial charge in [0.2, 0.25) is 0 Å². The number of carbonyl (C=O) groups excluding carboxylic acids is 1. The van der Waals surface area contributed by atoms with Gasteiger partial charge in [-0.25, -0.2) is 4.98 Å². The highest BCUT2D eigenvalue weighted by Gasteiger charge is 2.24. The number of nitrogens with one attached hydrogen (secondary N) is 3. The number of halogens is 2. The third-order valence-electron chi connectivity index (χ3n) is 5.26. The Kier molecular flexibility index (Phi) is 5.69. The molecule has 0 atom stereocenters. The molecule has 146 valence electrons. The SMILES string of the molecule is O=C(NC1CCC(CNc2n[nH]c3ccccc23)CC1)c1cc(Cl)cnc1Cl. The van der Waals surface area contributed by atoms with Crippen LogP contribution in [-0.4, -0.2) is 33.7 Å². The van der Waals surface area contributed by atoms with Crippen LogP contribution >= 0.6 is 23.2 Å². The van der Waals surface area contributed by atoms with E-state index in [9.17, 15) is 4.79 Å². The van der Waals surface area contributed by atoms with Gasteiger partial charge in [-0.2, -0.15) is 5.10 Å². The summed E-state index contributed by atoms with van der Waals surface area (Å²) in [6.45, 7) is 0.875. The van der Waals surface area contributed by atoms with Gasteiger partial charge in [0.1, 0.15) is 5.15 Å². The number of rotatable bonds is 5. The van der Waals surface area contributed by atoms with Crippen molar-refractivity contribution in [2.24, 2.45) is 5.92 Å². The summed E-state index contributed by atoms with van der Waals surface area (Å²) in [7, 11) is 0.